The average molecular weight is 487 g/mol. The number of hydrogen-bond donors (Lipinski definition) is 1. The quantitative estimate of drug-likeness (QED) is 0.540. The molecule has 0 amide bonds. The zero-order chi connectivity index (χ0) is 20.3. The van der Waals surface area contributed by atoms with Crippen LogP contribution in [0.3, 0.4) is 0 Å². The van der Waals surface area contributed by atoms with Crippen molar-refractivity contribution in [3.8, 4) is 5.75 Å². The molecule has 150 valence electrons. The van der Waals surface area contributed by atoms with Gasteiger partial charge >= 0.3 is 5.97 Å². The van der Waals surface area contributed by atoms with Gasteiger partial charge in [-0.05, 0) is 56.1 Å². The molecule has 0 aromatic heterocycles. The standard InChI is InChI=1S/C21H22BrCl2NO3/c1-2-28-18-9-8-14(22)11-16(18)20(15-6-3-7-17(23)19(15)24)25-10-4-5-13(12-25)21(26)27/h3,6-9,11,13,20H,2,4-5,10,12H2,1H3,(H,26,27). The van der Waals surface area contributed by atoms with Crippen LogP contribution < -0.4 is 4.74 Å². The lowest BCUT2D eigenvalue weighted by Gasteiger charge is -2.38. The second-order valence-electron chi connectivity index (χ2n) is 6.83. The van der Waals surface area contributed by atoms with Crippen LogP contribution in [0.4, 0.5) is 0 Å². The van der Waals surface area contributed by atoms with Crippen LogP contribution in [0.25, 0.3) is 0 Å². The first-order chi connectivity index (χ1) is 13.4. The van der Waals surface area contributed by atoms with Gasteiger partial charge in [0.25, 0.3) is 0 Å². The van der Waals surface area contributed by atoms with Gasteiger partial charge in [0.05, 0.1) is 28.6 Å². The van der Waals surface area contributed by atoms with E-state index in [0.29, 0.717) is 29.6 Å². The van der Waals surface area contributed by atoms with Crippen LogP contribution >= 0.6 is 39.1 Å². The van der Waals surface area contributed by atoms with Crippen molar-refractivity contribution in [1.82, 2.24) is 4.90 Å². The summed E-state index contributed by atoms with van der Waals surface area (Å²) in [6.45, 7) is 3.69. The van der Waals surface area contributed by atoms with Crippen LogP contribution in [-0.4, -0.2) is 35.7 Å². The lowest BCUT2D eigenvalue weighted by Crippen LogP contribution is -2.41. The SMILES string of the molecule is CCOc1ccc(Br)cc1C(c1cccc(Cl)c1Cl)N1CCCC(C(=O)O)C1. The molecule has 0 radical (unpaired) electrons. The van der Waals surface area contributed by atoms with E-state index in [9.17, 15) is 9.90 Å². The summed E-state index contributed by atoms with van der Waals surface area (Å²) in [7, 11) is 0. The summed E-state index contributed by atoms with van der Waals surface area (Å²) < 4.78 is 6.81. The van der Waals surface area contributed by atoms with E-state index in [4.69, 9.17) is 27.9 Å². The van der Waals surface area contributed by atoms with Crippen molar-refractivity contribution in [2.24, 2.45) is 5.92 Å². The number of carboxylic acid groups (broad SMARTS) is 1. The topological polar surface area (TPSA) is 49.8 Å². The summed E-state index contributed by atoms with van der Waals surface area (Å²) >= 11 is 16.5. The third-order valence-corrected chi connectivity index (χ3v) is 6.34. The Balaban J connectivity index is 2.14. The van der Waals surface area contributed by atoms with E-state index in [1.54, 1.807) is 6.07 Å². The van der Waals surface area contributed by atoms with Gasteiger partial charge in [0.1, 0.15) is 5.75 Å². The highest BCUT2D eigenvalue weighted by Crippen LogP contribution is 2.42. The fourth-order valence-electron chi connectivity index (χ4n) is 3.76. The van der Waals surface area contributed by atoms with Crippen molar-refractivity contribution in [2.45, 2.75) is 25.8 Å². The second-order valence-corrected chi connectivity index (χ2v) is 8.53. The lowest BCUT2D eigenvalue weighted by molar-refractivity contribution is -0.143. The Morgan fingerprint density at radius 3 is 2.82 bits per heavy atom. The molecule has 1 fully saturated rings. The van der Waals surface area contributed by atoms with Gasteiger partial charge in [-0.3, -0.25) is 9.69 Å². The van der Waals surface area contributed by atoms with Crippen molar-refractivity contribution in [3.05, 3.63) is 62.0 Å². The highest BCUT2D eigenvalue weighted by atomic mass is 79.9. The zero-order valence-electron chi connectivity index (χ0n) is 15.5. The molecule has 2 atom stereocenters. The van der Waals surface area contributed by atoms with E-state index >= 15 is 0 Å². The molecule has 2 aromatic rings. The maximum Gasteiger partial charge on any atom is 0.307 e. The summed E-state index contributed by atoms with van der Waals surface area (Å²) in [5.74, 6) is -0.416. The third kappa shape index (κ3) is 4.65. The Labute approximate surface area is 183 Å². The van der Waals surface area contributed by atoms with E-state index < -0.39 is 11.9 Å². The van der Waals surface area contributed by atoms with Crippen molar-refractivity contribution in [1.29, 1.82) is 0 Å². The van der Waals surface area contributed by atoms with Crippen LogP contribution in [0.1, 0.15) is 36.9 Å². The van der Waals surface area contributed by atoms with Crippen LogP contribution in [0.15, 0.2) is 40.9 Å². The second kappa shape index (κ2) is 9.49. The van der Waals surface area contributed by atoms with Crippen molar-refractivity contribution >= 4 is 45.1 Å². The monoisotopic (exact) mass is 485 g/mol. The van der Waals surface area contributed by atoms with Crippen molar-refractivity contribution in [3.63, 3.8) is 0 Å². The molecule has 1 N–H and O–H groups in total. The predicted molar refractivity (Wildman–Crippen MR) is 116 cm³/mol. The van der Waals surface area contributed by atoms with Gasteiger partial charge in [-0.2, -0.15) is 0 Å². The molecule has 0 aliphatic carbocycles. The van der Waals surface area contributed by atoms with Gasteiger partial charge in [-0.25, -0.2) is 0 Å². The number of rotatable bonds is 6. The smallest absolute Gasteiger partial charge is 0.307 e. The van der Waals surface area contributed by atoms with Crippen molar-refractivity contribution in [2.75, 3.05) is 19.7 Å². The molecule has 2 aromatic carbocycles. The molecule has 0 saturated carbocycles. The summed E-state index contributed by atoms with van der Waals surface area (Å²) in [5, 5.41) is 10.5. The van der Waals surface area contributed by atoms with Gasteiger partial charge in [0, 0.05) is 16.6 Å². The zero-order valence-corrected chi connectivity index (χ0v) is 18.6. The van der Waals surface area contributed by atoms with E-state index in [2.05, 4.69) is 20.8 Å². The molecule has 3 rings (SSSR count). The minimum atomic E-state index is -0.764. The maximum absolute atomic E-state index is 11.6. The van der Waals surface area contributed by atoms with E-state index in [0.717, 1.165) is 34.3 Å². The van der Waals surface area contributed by atoms with Crippen molar-refractivity contribution < 1.29 is 14.6 Å². The molecule has 0 spiro atoms. The number of aliphatic carboxylic acids is 1. The minimum Gasteiger partial charge on any atom is -0.494 e. The van der Waals surface area contributed by atoms with Gasteiger partial charge in [-0.1, -0.05) is 51.3 Å². The normalized spacial score (nSPS) is 18.6. The Kier molecular flexibility index (Phi) is 7.26. The Morgan fingerprint density at radius 2 is 2.11 bits per heavy atom. The number of carbonyl (C=O) groups is 1. The molecule has 28 heavy (non-hydrogen) atoms. The number of carboxylic acids is 1. The summed E-state index contributed by atoms with van der Waals surface area (Å²) in [6.07, 6.45) is 1.49. The molecule has 2 unspecified atom stereocenters. The number of ether oxygens (including phenoxy) is 1. The van der Waals surface area contributed by atoms with Gasteiger partial charge < -0.3 is 9.84 Å². The summed E-state index contributed by atoms with van der Waals surface area (Å²) in [5.41, 5.74) is 1.78. The fraction of sp³-hybridized carbons (Fsp3) is 0.381. The first-order valence-electron chi connectivity index (χ1n) is 9.25. The number of likely N-dealkylation sites (tertiary alicyclic amines) is 1. The number of nitrogens with zero attached hydrogens (tertiary/aromatic N) is 1. The molecule has 1 aliphatic heterocycles. The Hall–Kier alpha value is -1.27. The molecule has 7 heteroatoms. The van der Waals surface area contributed by atoms with Gasteiger partial charge in [0.15, 0.2) is 0 Å². The molecular weight excluding hydrogens is 465 g/mol. The molecule has 0 bridgehead atoms. The predicted octanol–water partition coefficient (Wildman–Crippen LogP) is 6.04. The van der Waals surface area contributed by atoms with Crippen LogP contribution in [0.5, 0.6) is 5.75 Å². The van der Waals surface area contributed by atoms with Crippen LogP contribution in [0.2, 0.25) is 10.0 Å². The largest absolute Gasteiger partial charge is 0.494 e. The molecule has 4 nitrogen and oxygen atoms in total. The highest BCUT2D eigenvalue weighted by molar-refractivity contribution is 9.10. The lowest BCUT2D eigenvalue weighted by atomic mass is 9.91. The Morgan fingerprint density at radius 1 is 1.32 bits per heavy atom. The fourth-order valence-corrected chi connectivity index (χ4v) is 4.55. The molecule has 1 saturated heterocycles. The Bertz CT molecular complexity index is 862. The number of halogens is 3. The number of piperidine rings is 1. The average Bonchev–Trinajstić information content (AvgIpc) is 2.68. The highest BCUT2D eigenvalue weighted by Gasteiger charge is 2.34. The minimum absolute atomic E-state index is 0.257. The number of hydrogen-bond acceptors (Lipinski definition) is 3. The van der Waals surface area contributed by atoms with Crippen LogP contribution in [-0.2, 0) is 4.79 Å². The van der Waals surface area contributed by atoms with E-state index in [1.807, 2.05) is 37.3 Å². The molecule has 1 aliphatic rings. The maximum atomic E-state index is 11.6. The molecular formula is C21H22BrCl2NO3. The first kappa shape index (κ1) is 21.4. The van der Waals surface area contributed by atoms with Crippen LogP contribution in [0, 0.1) is 5.92 Å². The number of benzene rings is 2. The molecule has 1 heterocycles. The first-order valence-corrected chi connectivity index (χ1v) is 10.8. The van der Waals surface area contributed by atoms with E-state index in [1.165, 1.54) is 0 Å². The summed E-state index contributed by atoms with van der Waals surface area (Å²) in [6, 6.07) is 11.2. The third-order valence-electron chi connectivity index (χ3n) is 5.01. The summed E-state index contributed by atoms with van der Waals surface area (Å²) in [4.78, 5) is 13.8. The van der Waals surface area contributed by atoms with Gasteiger partial charge in [-0.15, -0.1) is 0 Å². The van der Waals surface area contributed by atoms with Gasteiger partial charge in [0.2, 0.25) is 0 Å². The van der Waals surface area contributed by atoms with E-state index in [-0.39, 0.29) is 6.04 Å².